The van der Waals surface area contributed by atoms with E-state index in [4.69, 9.17) is 0 Å². The van der Waals surface area contributed by atoms with Crippen LogP contribution < -0.4 is 0 Å². The Balaban J connectivity index is 4.55. The van der Waals surface area contributed by atoms with Crippen molar-refractivity contribution in [1.29, 1.82) is 0 Å². The van der Waals surface area contributed by atoms with Crippen LogP contribution in [-0.4, -0.2) is 60.3 Å². The van der Waals surface area contributed by atoms with E-state index in [1.54, 1.807) is 21.0 Å². The molecule has 0 aliphatic rings. The Morgan fingerprint density at radius 1 is 0.520 bits per heavy atom. The summed E-state index contributed by atoms with van der Waals surface area (Å²) in [5.74, 6) is 8.38. The third-order valence-electron chi connectivity index (χ3n) is 4.80. The van der Waals surface area contributed by atoms with Crippen molar-refractivity contribution in [1.82, 2.24) is 0 Å². The summed E-state index contributed by atoms with van der Waals surface area (Å²) in [4.78, 5) is 0. The van der Waals surface area contributed by atoms with Crippen LogP contribution in [0.4, 0.5) is 0 Å². The van der Waals surface area contributed by atoms with Gasteiger partial charge in [0.1, 0.15) is 0 Å². The van der Waals surface area contributed by atoms with Gasteiger partial charge >= 0.3 is 181 Å². The van der Waals surface area contributed by atoms with E-state index < -0.39 is 13.3 Å². The number of thioether (sulfide) groups is 4. The summed E-state index contributed by atoms with van der Waals surface area (Å²) < 4.78 is 0. The van der Waals surface area contributed by atoms with Crippen molar-refractivity contribution in [2.45, 2.75) is 73.4 Å². The third kappa shape index (κ3) is 16.6. The van der Waals surface area contributed by atoms with E-state index in [1.807, 2.05) is 0 Å². The Labute approximate surface area is 179 Å². The summed E-state index contributed by atoms with van der Waals surface area (Å²) in [5, 5.41) is 6.65. The molecule has 0 unspecified atom stereocenters. The molecule has 0 aromatic carbocycles. The van der Waals surface area contributed by atoms with Crippen LogP contribution in [-0.2, 0) is 0 Å². The zero-order valence-corrected chi connectivity index (χ0v) is 22.8. The predicted octanol–water partition coefficient (Wildman–Crippen LogP) is 8.01. The molecule has 0 heterocycles. The van der Waals surface area contributed by atoms with Crippen LogP contribution in [0, 0.1) is 0 Å². The Morgan fingerprint density at radius 3 is 1.20 bits per heavy atom. The topological polar surface area (TPSA) is 0 Å². The molecule has 152 valence electrons. The van der Waals surface area contributed by atoms with Crippen LogP contribution in [0.1, 0.15) is 52.4 Å². The fourth-order valence-corrected chi connectivity index (χ4v) is 19.1. The van der Waals surface area contributed by atoms with E-state index in [0.29, 0.717) is 0 Å². The van der Waals surface area contributed by atoms with Gasteiger partial charge < -0.3 is 0 Å². The van der Waals surface area contributed by atoms with Gasteiger partial charge in [-0.1, -0.05) is 0 Å². The molecule has 0 amide bonds. The van der Waals surface area contributed by atoms with Crippen molar-refractivity contribution in [3.63, 3.8) is 0 Å². The minimum atomic E-state index is -1.63. The molecule has 0 nitrogen and oxygen atoms in total. The SMILES string of the molecule is CCCSCC[CH2][Ge]([CH2]CCSC)([CH2]CCSC)[CH2]CCSCCC. The molecule has 0 aliphatic carbocycles. The molecule has 0 spiro atoms. The van der Waals surface area contributed by atoms with E-state index in [9.17, 15) is 0 Å². The Hall–Kier alpha value is 1.94. The van der Waals surface area contributed by atoms with Crippen molar-refractivity contribution in [3.8, 4) is 0 Å². The third-order valence-corrected chi connectivity index (χ3v) is 20.6. The molecule has 0 aliphatic heterocycles. The van der Waals surface area contributed by atoms with E-state index in [1.165, 1.54) is 73.0 Å². The van der Waals surface area contributed by atoms with Crippen molar-refractivity contribution >= 4 is 60.3 Å². The maximum atomic E-state index is 2.31. The molecule has 0 fully saturated rings. The first-order valence-corrected chi connectivity index (χ1v) is 21.4. The van der Waals surface area contributed by atoms with Crippen molar-refractivity contribution in [3.05, 3.63) is 0 Å². The van der Waals surface area contributed by atoms with Gasteiger partial charge in [0.2, 0.25) is 0 Å². The van der Waals surface area contributed by atoms with Crippen LogP contribution >= 0.6 is 47.0 Å². The standard InChI is InChI=1S/C20H44GeS4/c1-5-15-24-19-9-13-21(11-7-17-22-3,12-8-18-23-4)14-10-20-25-16-6-2/h5-20H2,1-4H3. The second kappa shape index (κ2) is 20.7. The quantitative estimate of drug-likeness (QED) is 0.126. The van der Waals surface area contributed by atoms with E-state index in [2.05, 4.69) is 73.4 Å². The molecule has 0 atom stereocenters. The van der Waals surface area contributed by atoms with E-state index >= 15 is 0 Å². The second-order valence-electron chi connectivity index (χ2n) is 7.12. The molecule has 0 aromatic heterocycles. The van der Waals surface area contributed by atoms with Gasteiger partial charge in [-0.25, -0.2) is 0 Å². The van der Waals surface area contributed by atoms with Gasteiger partial charge in [-0.3, -0.25) is 0 Å². The first kappa shape index (κ1) is 26.9. The van der Waals surface area contributed by atoms with Gasteiger partial charge in [0.05, 0.1) is 0 Å². The molecule has 0 saturated carbocycles. The molecule has 0 radical (unpaired) electrons. The zero-order chi connectivity index (χ0) is 18.6. The van der Waals surface area contributed by atoms with Gasteiger partial charge in [0.15, 0.2) is 0 Å². The van der Waals surface area contributed by atoms with Crippen molar-refractivity contribution in [2.24, 2.45) is 0 Å². The van der Waals surface area contributed by atoms with Gasteiger partial charge in [0, 0.05) is 0 Å². The molecular formula is C20H44GeS4. The number of rotatable bonds is 20. The monoisotopic (exact) mass is 486 g/mol. The molecule has 0 N–H and O–H groups in total. The van der Waals surface area contributed by atoms with E-state index in [0.717, 1.165) is 0 Å². The van der Waals surface area contributed by atoms with Gasteiger partial charge in [-0.15, -0.1) is 0 Å². The summed E-state index contributed by atoms with van der Waals surface area (Å²) in [7, 11) is 0. The molecule has 5 heteroatoms. The van der Waals surface area contributed by atoms with Crippen LogP contribution in [0.5, 0.6) is 0 Å². The summed E-state index contributed by atoms with van der Waals surface area (Å²) in [6, 6.07) is 0. The Kier molecular flexibility index (Phi) is 22.3. The molecular weight excluding hydrogens is 441 g/mol. The van der Waals surface area contributed by atoms with Crippen molar-refractivity contribution in [2.75, 3.05) is 47.0 Å². The molecule has 0 saturated heterocycles. The molecule has 0 rings (SSSR count). The summed E-state index contributed by atoms with van der Waals surface area (Å²) in [6.07, 6.45) is 13.3. The van der Waals surface area contributed by atoms with Crippen molar-refractivity contribution < 1.29 is 0 Å². The number of hydrogen-bond donors (Lipinski definition) is 0. The fourth-order valence-electron chi connectivity index (χ4n) is 3.52. The first-order chi connectivity index (χ1) is 12.2. The second-order valence-corrected chi connectivity index (χ2v) is 22.0. The molecule has 0 bridgehead atoms. The predicted molar refractivity (Wildman–Crippen MR) is 135 cm³/mol. The summed E-state index contributed by atoms with van der Waals surface area (Å²) in [5.41, 5.74) is 0. The molecule has 0 aromatic rings. The van der Waals surface area contributed by atoms with Crippen LogP contribution in [0.2, 0.25) is 21.0 Å². The van der Waals surface area contributed by atoms with E-state index in [-0.39, 0.29) is 0 Å². The fraction of sp³-hybridized carbons (Fsp3) is 1.00. The zero-order valence-electron chi connectivity index (χ0n) is 17.4. The molecule has 25 heavy (non-hydrogen) atoms. The van der Waals surface area contributed by atoms with Crippen LogP contribution in [0.25, 0.3) is 0 Å². The maximum absolute atomic E-state index is 2.31. The average molecular weight is 485 g/mol. The summed E-state index contributed by atoms with van der Waals surface area (Å²) >= 11 is 6.89. The average Bonchev–Trinajstić information content (AvgIpc) is 2.62. The Morgan fingerprint density at radius 2 is 0.880 bits per heavy atom. The summed E-state index contributed by atoms with van der Waals surface area (Å²) in [6.45, 7) is 4.63. The van der Waals surface area contributed by atoms with Crippen LogP contribution in [0.15, 0.2) is 0 Å². The van der Waals surface area contributed by atoms with Gasteiger partial charge in [0.25, 0.3) is 0 Å². The van der Waals surface area contributed by atoms with Gasteiger partial charge in [-0.2, -0.15) is 0 Å². The first-order valence-electron chi connectivity index (χ1n) is 10.4. The van der Waals surface area contributed by atoms with Gasteiger partial charge in [-0.05, 0) is 0 Å². The number of hydrogen-bond acceptors (Lipinski definition) is 4. The minimum absolute atomic E-state index is 1.34. The Bertz CT molecular complexity index is 238. The normalized spacial score (nSPS) is 12.0. The van der Waals surface area contributed by atoms with Crippen LogP contribution in [0.3, 0.4) is 0 Å².